The predicted molar refractivity (Wildman–Crippen MR) is 107 cm³/mol. The topological polar surface area (TPSA) is 93.1 Å². The van der Waals surface area contributed by atoms with Gasteiger partial charge in [0.2, 0.25) is 0 Å². The molecule has 5 nitrogen and oxygen atoms in total. The molecule has 1 heterocycles. The van der Waals surface area contributed by atoms with E-state index in [1.165, 1.54) is 0 Å². The summed E-state index contributed by atoms with van der Waals surface area (Å²) in [6, 6.07) is 12.7. The maximum Gasteiger partial charge on any atom is 0.197 e. The zero-order valence-corrected chi connectivity index (χ0v) is 15.8. The lowest BCUT2D eigenvalue weighted by molar-refractivity contribution is -0.368. The first-order valence-corrected chi connectivity index (χ1v) is 9.51. The van der Waals surface area contributed by atoms with Gasteiger partial charge < -0.3 is 20.6 Å². The summed E-state index contributed by atoms with van der Waals surface area (Å²) in [4.78, 5) is 13.2. The van der Waals surface area contributed by atoms with Gasteiger partial charge in [0.15, 0.2) is 5.78 Å². The Kier molecular flexibility index (Phi) is 6.14. The summed E-state index contributed by atoms with van der Waals surface area (Å²) in [5.74, 6) is 1.44. The maximum atomic E-state index is 13.2. The second-order valence-electron chi connectivity index (χ2n) is 6.67. The number of fused-ring (bicyclic) bond motifs is 1. The molecule has 0 fully saturated rings. The van der Waals surface area contributed by atoms with Gasteiger partial charge in [-0.15, -0.1) is 0 Å². The second-order valence-corrected chi connectivity index (χ2v) is 6.67. The standard InChI is InChI=1S/C22H26N2O3/c1-2-3-5-20-21(18-14-16(24)8-11-19(18)27-20)22(25)15-6-9-17(10-7-15)26-13-4-12-23/h6-11,14H,2-5,12-13,23-24H2,1H3/p+1. The Hall–Kier alpha value is -2.79. The van der Waals surface area contributed by atoms with Gasteiger partial charge >= 0.3 is 0 Å². The van der Waals surface area contributed by atoms with Crippen LogP contribution in [0.1, 0.15) is 47.9 Å². The number of furan rings is 1. The van der Waals surface area contributed by atoms with Crippen LogP contribution in [0, 0.1) is 0 Å². The zero-order chi connectivity index (χ0) is 19.2. The van der Waals surface area contributed by atoms with E-state index < -0.39 is 0 Å². The third kappa shape index (κ3) is 4.31. The van der Waals surface area contributed by atoms with Crippen molar-refractivity contribution >= 4 is 22.4 Å². The third-order valence-corrected chi connectivity index (χ3v) is 4.55. The number of rotatable bonds is 9. The van der Waals surface area contributed by atoms with Crippen LogP contribution in [0.15, 0.2) is 46.9 Å². The van der Waals surface area contributed by atoms with E-state index in [0.717, 1.165) is 49.1 Å². The van der Waals surface area contributed by atoms with E-state index in [9.17, 15) is 4.79 Å². The Morgan fingerprint density at radius 3 is 2.63 bits per heavy atom. The number of ketones is 1. The first-order chi connectivity index (χ1) is 13.1. The number of nitrogens with two attached hydrogens (primary N) is 1. The van der Waals surface area contributed by atoms with E-state index in [0.29, 0.717) is 29.0 Å². The number of ether oxygens (including phenoxy) is 1. The summed E-state index contributed by atoms with van der Waals surface area (Å²) in [5.41, 5.74) is 12.3. The Morgan fingerprint density at radius 1 is 1.15 bits per heavy atom. The fourth-order valence-electron chi connectivity index (χ4n) is 3.07. The summed E-state index contributed by atoms with van der Waals surface area (Å²) in [6.07, 6.45) is 3.64. The van der Waals surface area contributed by atoms with Crippen LogP contribution in [0.25, 0.3) is 11.0 Å². The van der Waals surface area contributed by atoms with Crippen molar-refractivity contribution in [3.63, 3.8) is 0 Å². The summed E-state index contributed by atoms with van der Waals surface area (Å²) in [5, 5.41) is 0.780. The molecule has 0 atom stereocenters. The van der Waals surface area contributed by atoms with Crippen LogP contribution in [0.2, 0.25) is 0 Å². The molecule has 0 aliphatic carbocycles. The van der Waals surface area contributed by atoms with Gasteiger partial charge in [-0.3, -0.25) is 4.79 Å². The first kappa shape index (κ1) is 19.0. The van der Waals surface area contributed by atoms with Crippen molar-refractivity contribution in [2.24, 2.45) is 0 Å². The minimum absolute atomic E-state index is 0.0465. The lowest BCUT2D eigenvalue weighted by Gasteiger charge is -2.07. The number of nitrogen functional groups attached to an aromatic ring is 1. The molecule has 0 aliphatic heterocycles. The van der Waals surface area contributed by atoms with Crippen molar-refractivity contribution in [3.05, 3.63) is 59.4 Å². The molecule has 3 rings (SSSR count). The molecule has 0 aliphatic rings. The molecule has 3 aromatic rings. The smallest absolute Gasteiger partial charge is 0.197 e. The van der Waals surface area contributed by atoms with Crippen LogP contribution < -0.4 is 16.2 Å². The Labute approximate surface area is 159 Å². The normalized spacial score (nSPS) is 11.0. The van der Waals surface area contributed by atoms with E-state index in [-0.39, 0.29) is 5.78 Å². The monoisotopic (exact) mass is 367 g/mol. The minimum atomic E-state index is -0.0465. The van der Waals surface area contributed by atoms with E-state index in [1.807, 2.05) is 24.3 Å². The van der Waals surface area contributed by atoms with Crippen LogP contribution in [-0.4, -0.2) is 18.9 Å². The summed E-state index contributed by atoms with van der Waals surface area (Å²) >= 11 is 0. The van der Waals surface area contributed by atoms with Gasteiger partial charge in [0.1, 0.15) is 17.1 Å². The molecule has 0 amide bonds. The van der Waals surface area contributed by atoms with Crippen LogP contribution in [-0.2, 0) is 6.42 Å². The summed E-state index contributed by atoms with van der Waals surface area (Å²) in [7, 11) is 0. The molecule has 1 aromatic heterocycles. The molecule has 142 valence electrons. The predicted octanol–water partition coefficient (Wildman–Crippen LogP) is 3.60. The molecule has 5 heteroatoms. The third-order valence-electron chi connectivity index (χ3n) is 4.55. The second kappa shape index (κ2) is 8.73. The number of unbranched alkanes of at least 4 members (excludes halogenated alkanes) is 1. The van der Waals surface area contributed by atoms with E-state index in [1.54, 1.807) is 18.2 Å². The SMILES string of the molecule is CCCCc1oc2ccc(N)cc2c1C(=O)c1ccc(OCCC[NH3+])cc1. The number of anilines is 1. The quantitative estimate of drug-likeness (QED) is 0.343. The molecule has 27 heavy (non-hydrogen) atoms. The van der Waals surface area contributed by atoms with Gasteiger partial charge in [0.05, 0.1) is 18.7 Å². The number of quaternary nitrogens is 1. The highest BCUT2D eigenvalue weighted by Gasteiger charge is 2.22. The highest BCUT2D eigenvalue weighted by Crippen LogP contribution is 2.31. The van der Waals surface area contributed by atoms with Crippen LogP contribution in [0.4, 0.5) is 5.69 Å². The molecule has 0 radical (unpaired) electrons. The van der Waals surface area contributed by atoms with Crippen molar-refractivity contribution in [2.75, 3.05) is 18.9 Å². The van der Waals surface area contributed by atoms with Crippen LogP contribution in [0.5, 0.6) is 5.75 Å². The highest BCUT2D eigenvalue weighted by molar-refractivity contribution is 6.17. The average Bonchev–Trinajstić information content (AvgIpc) is 3.04. The number of hydrogen-bond acceptors (Lipinski definition) is 4. The van der Waals surface area contributed by atoms with Gasteiger partial charge in [-0.05, 0) is 48.9 Å². The number of aryl methyl sites for hydroxylation is 1. The Morgan fingerprint density at radius 2 is 1.93 bits per heavy atom. The van der Waals surface area contributed by atoms with Crippen molar-refractivity contribution < 1.29 is 19.7 Å². The molecule has 0 unspecified atom stereocenters. The van der Waals surface area contributed by atoms with Crippen LogP contribution in [0.3, 0.4) is 0 Å². The fourth-order valence-corrected chi connectivity index (χ4v) is 3.07. The van der Waals surface area contributed by atoms with Crippen LogP contribution >= 0.6 is 0 Å². The summed E-state index contributed by atoms with van der Waals surface area (Å²) < 4.78 is 11.6. The molecule has 5 N–H and O–H groups in total. The number of carbonyl (C=O) groups is 1. The van der Waals surface area contributed by atoms with Gasteiger partial charge in [-0.1, -0.05) is 13.3 Å². The lowest BCUT2D eigenvalue weighted by Crippen LogP contribution is -2.50. The zero-order valence-electron chi connectivity index (χ0n) is 15.8. The summed E-state index contributed by atoms with van der Waals surface area (Å²) in [6.45, 7) is 3.59. The molecule has 0 bridgehead atoms. The van der Waals surface area contributed by atoms with Crippen molar-refractivity contribution in [1.82, 2.24) is 0 Å². The fraction of sp³-hybridized carbons (Fsp3) is 0.318. The van der Waals surface area contributed by atoms with Gasteiger partial charge in [-0.25, -0.2) is 0 Å². The highest BCUT2D eigenvalue weighted by atomic mass is 16.5. The molecule has 0 saturated carbocycles. The molecule has 2 aromatic carbocycles. The molecule has 0 spiro atoms. The molecular weight excluding hydrogens is 340 g/mol. The number of hydrogen-bond donors (Lipinski definition) is 2. The van der Waals surface area contributed by atoms with E-state index in [2.05, 4.69) is 12.7 Å². The van der Waals surface area contributed by atoms with Gasteiger partial charge in [-0.2, -0.15) is 0 Å². The lowest BCUT2D eigenvalue weighted by atomic mass is 9.98. The Bertz CT molecular complexity index is 913. The van der Waals surface area contributed by atoms with Crippen molar-refractivity contribution in [1.29, 1.82) is 0 Å². The van der Waals surface area contributed by atoms with Gasteiger partial charge in [0.25, 0.3) is 0 Å². The first-order valence-electron chi connectivity index (χ1n) is 9.51. The average molecular weight is 367 g/mol. The minimum Gasteiger partial charge on any atom is -0.493 e. The Balaban J connectivity index is 1.93. The maximum absolute atomic E-state index is 13.2. The van der Waals surface area contributed by atoms with Crippen molar-refractivity contribution in [2.45, 2.75) is 32.6 Å². The number of carbonyl (C=O) groups excluding carboxylic acids is 1. The number of benzene rings is 2. The largest absolute Gasteiger partial charge is 0.493 e. The molecule has 0 saturated heterocycles. The van der Waals surface area contributed by atoms with Gasteiger partial charge in [0, 0.05) is 29.5 Å². The van der Waals surface area contributed by atoms with E-state index in [4.69, 9.17) is 14.9 Å². The molecular formula is C22H27N2O3+. The van der Waals surface area contributed by atoms with E-state index >= 15 is 0 Å². The van der Waals surface area contributed by atoms with Crippen molar-refractivity contribution in [3.8, 4) is 5.75 Å².